The Morgan fingerprint density at radius 2 is 0.881 bits per heavy atom. The predicted molar refractivity (Wildman–Crippen MR) is 178 cm³/mol. The van der Waals surface area contributed by atoms with Gasteiger partial charge in [-0.3, -0.25) is 9.59 Å². The molecule has 5 nitrogen and oxygen atoms in total. The molecule has 0 aromatic heterocycles. The van der Waals surface area contributed by atoms with E-state index in [0.29, 0.717) is 12.8 Å². The summed E-state index contributed by atoms with van der Waals surface area (Å²) in [5.41, 5.74) is 0. The SMILES string of the molecule is CCCCCCCCCCCCCCC(=O)O[C@@H](CO)COC(=O)CCCCCCCCCCCCCCCC(C)C. The van der Waals surface area contributed by atoms with E-state index in [1.54, 1.807) is 0 Å². The smallest absolute Gasteiger partial charge is 0.306 e. The Hall–Kier alpha value is -1.10. The van der Waals surface area contributed by atoms with Crippen molar-refractivity contribution < 1.29 is 24.2 Å². The van der Waals surface area contributed by atoms with Crippen LogP contribution < -0.4 is 0 Å². The van der Waals surface area contributed by atoms with Crippen molar-refractivity contribution in [1.29, 1.82) is 0 Å². The predicted octanol–water partition coefficient (Wildman–Crippen LogP) is 11.0. The summed E-state index contributed by atoms with van der Waals surface area (Å²) >= 11 is 0. The highest BCUT2D eigenvalue weighted by Gasteiger charge is 2.16. The van der Waals surface area contributed by atoms with Gasteiger partial charge >= 0.3 is 11.9 Å². The van der Waals surface area contributed by atoms with Crippen LogP contribution in [0, 0.1) is 5.92 Å². The highest BCUT2D eigenvalue weighted by Crippen LogP contribution is 2.15. The van der Waals surface area contributed by atoms with E-state index in [2.05, 4.69) is 20.8 Å². The number of unbranched alkanes of at least 4 members (excludes halogenated alkanes) is 23. The molecule has 0 fully saturated rings. The van der Waals surface area contributed by atoms with Crippen molar-refractivity contribution in [2.45, 2.75) is 207 Å². The number of hydrogen-bond acceptors (Lipinski definition) is 5. The molecule has 0 aromatic carbocycles. The molecule has 0 rings (SSSR count). The van der Waals surface area contributed by atoms with Crippen LogP contribution in [-0.2, 0) is 19.1 Å². The first-order chi connectivity index (χ1) is 20.5. The summed E-state index contributed by atoms with van der Waals surface area (Å²) in [5, 5.41) is 9.52. The molecule has 0 aromatic rings. The minimum Gasteiger partial charge on any atom is -0.462 e. The maximum Gasteiger partial charge on any atom is 0.306 e. The summed E-state index contributed by atoms with van der Waals surface area (Å²) in [6.07, 6.45) is 33.0. The molecular formula is C37H72O5. The number of carbonyl (C=O) groups is 2. The molecule has 0 aliphatic carbocycles. The zero-order valence-electron chi connectivity index (χ0n) is 28.4. The van der Waals surface area contributed by atoms with E-state index >= 15 is 0 Å². The van der Waals surface area contributed by atoms with Crippen molar-refractivity contribution in [3.8, 4) is 0 Å². The average molecular weight is 597 g/mol. The molecule has 0 aliphatic heterocycles. The van der Waals surface area contributed by atoms with Gasteiger partial charge in [0.05, 0.1) is 6.61 Å². The Kier molecular flexibility index (Phi) is 31.9. The first kappa shape index (κ1) is 40.9. The van der Waals surface area contributed by atoms with Gasteiger partial charge in [-0.2, -0.15) is 0 Å². The second-order valence-electron chi connectivity index (χ2n) is 13.1. The summed E-state index contributed by atoms with van der Waals surface area (Å²) in [6, 6.07) is 0. The van der Waals surface area contributed by atoms with Gasteiger partial charge in [-0.05, 0) is 18.8 Å². The maximum absolute atomic E-state index is 12.1. The number of aliphatic hydroxyl groups excluding tert-OH is 1. The Morgan fingerprint density at radius 3 is 1.26 bits per heavy atom. The molecule has 0 saturated carbocycles. The van der Waals surface area contributed by atoms with Crippen LogP contribution in [-0.4, -0.2) is 36.4 Å². The summed E-state index contributed by atoms with van der Waals surface area (Å²) in [7, 11) is 0. The van der Waals surface area contributed by atoms with E-state index in [0.717, 1.165) is 38.0 Å². The Morgan fingerprint density at radius 1 is 0.524 bits per heavy atom. The third-order valence-corrected chi connectivity index (χ3v) is 8.33. The van der Waals surface area contributed by atoms with E-state index in [1.165, 1.54) is 135 Å². The minimum absolute atomic E-state index is 0.0581. The first-order valence-corrected chi connectivity index (χ1v) is 18.5. The van der Waals surface area contributed by atoms with Gasteiger partial charge in [0.25, 0.3) is 0 Å². The van der Waals surface area contributed by atoms with Crippen LogP contribution in [0.15, 0.2) is 0 Å². The normalized spacial score (nSPS) is 12.1. The Bertz CT molecular complexity index is 577. The molecule has 1 atom stereocenters. The van der Waals surface area contributed by atoms with Crippen LogP contribution in [0.2, 0.25) is 0 Å². The van der Waals surface area contributed by atoms with Gasteiger partial charge in [-0.15, -0.1) is 0 Å². The quantitative estimate of drug-likeness (QED) is 0.0602. The van der Waals surface area contributed by atoms with Gasteiger partial charge in [0.2, 0.25) is 0 Å². The number of esters is 2. The van der Waals surface area contributed by atoms with Crippen LogP contribution in [0.4, 0.5) is 0 Å². The summed E-state index contributed by atoms with van der Waals surface area (Å²) < 4.78 is 10.6. The second kappa shape index (κ2) is 32.8. The lowest BCUT2D eigenvalue weighted by molar-refractivity contribution is -0.161. The average Bonchev–Trinajstić information content (AvgIpc) is 2.97. The number of rotatable bonds is 33. The van der Waals surface area contributed by atoms with Gasteiger partial charge in [-0.1, -0.05) is 175 Å². The molecule has 0 unspecified atom stereocenters. The highest BCUT2D eigenvalue weighted by atomic mass is 16.6. The van der Waals surface area contributed by atoms with Crippen molar-refractivity contribution in [3.63, 3.8) is 0 Å². The van der Waals surface area contributed by atoms with Gasteiger partial charge in [0, 0.05) is 12.8 Å². The molecule has 0 bridgehead atoms. The van der Waals surface area contributed by atoms with Crippen LogP contribution in [0.1, 0.15) is 201 Å². The molecule has 0 radical (unpaired) electrons. The lowest BCUT2D eigenvalue weighted by atomic mass is 10.0. The van der Waals surface area contributed by atoms with Gasteiger partial charge in [-0.25, -0.2) is 0 Å². The van der Waals surface area contributed by atoms with Gasteiger partial charge in [0.15, 0.2) is 6.10 Å². The molecule has 1 N–H and O–H groups in total. The van der Waals surface area contributed by atoms with Crippen LogP contribution in [0.25, 0.3) is 0 Å². The Labute approximate surface area is 261 Å². The van der Waals surface area contributed by atoms with E-state index in [9.17, 15) is 14.7 Å². The molecule has 42 heavy (non-hydrogen) atoms. The number of hydrogen-bond donors (Lipinski definition) is 1. The van der Waals surface area contributed by atoms with Gasteiger partial charge < -0.3 is 14.6 Å². The van der Waals surface area contributed by atoms with Crippen molar-refractivity contribution in [2.24, 2.45) is 5.92 Å². The zero-order chi connectivity index (χ0) is 30.9. The molecule has 0 saturated heterocycles. The first-order valence-electron chi connectivity index (χ1n) is 18.5. The zero-order valence-corrected chi connectivity index (χ0v) is 28.4. The monoisotopic (exact) mass is 597 g/mol. The molecular weight excluding hydrogens is 524 g/mol. The second-order valence-corrected chi connectivity index (χ2v) is 13.1. The van der Waals surface area contributed by atoms with Gasteiger partial charge in [0.1, 0.15) is 6.61 Å². The molecule has 0 aliphatic rings. The van der Waals surface area contributed by atoms with Crippen LogP contribution >= 0.6 is 0 Å². The summed E-state index contributed by atoms with van der Waals surface area (Å²) in [6.45, 7) is 6.50. The molecule has 5 heteroatoms. The number of aliphatic hydroxyl groups is 1. The molecule has 0 amide bonds. The number of ether oxygens (including phenoxy) is 2. The van der Waals surface area contributed by atoms with Crippen LogP contribution in [0.3, 0.4) is 0 Å². The summed E-state index contributed by atoms with van der Waals surface area (Å²) in [4.78, 5) is 24.2. The van der Waals surface area contributed by atoms with E-state index in [4.69, 9.17) is 9.47 Å². The topological polar surface area (TPSA) is 72.8 Å². The fraction of sp³-hybridized carbons (Fsp3) is 0.946. The lowest BCUT2D eigenvalue weighted by Gasteiger charge is -2.15. The lowest BCUT2D eigenvalue weighted by Crippen LogP contribution is -2.28. The van der Waals surface area contributed by atoms with Crippen molar-refractivity contribution in [1.82, 2.24) is 0 Å². The highest BCUT2D eigenvalue weighted by molar-refractivity contribution is 5.70. The van der Waals surface area contributed by atoms with Crippen molar-refractivity contribution in [3.05, 3.63) is 0 Å². The van der Waals surface area contributed by atoms with Crippen molar-refractivity contribution in [2.75, 3.05) is 13.2 Å². The third-order valence-electron chi connectivity index (χ3n) is 8.33. The van der Waals surface area contributed by atoms with Crippen LogP contribution in [0.5, 0.6) is 0 Å². The fourth-order valence-corrected chi connectivity index (χ4v) is 5.50. The third kappa shape index (κ3) is 31.8. The maximum atomic E-state index is 12.1. The number of carbonyl (C=O) groups excluding carboxylic acids is 2. The molecule has 250 valence electrons. The largest absolute Gasteiger partial charge is 0.462 e. The van der Waals surface area contributed by atoms with E-state index in [-0.39, 0.29) is 25.2 Å². The standard InChI is InChI=1S/C37H72O5/c1-4-5-6-7-8-9-10-15-19-22-25-28-31-37(40)42-35(32-38)33-41-36(39)30-27-24-21-18-16-13-11-12-14-17-20-23-26-29-34(2)3/h34-35,38H,4-33H2,1-3H3/t35-/m0/s1. The van der Waals surface area contributed by atoms with Crippen molar-refractivity contribution >= 4 is 11.9 Å². The molecule has 0 heterocycles. The van der Waals surface area contributed by atoms with E-state index < -0.39 is 6.10 Å². The summed E-state index contributed by atoms with van der Waals surface area (Å²) in [5.74, 6) is 0.268. The Balaban J connectivity index is 3.51. The fourth-order valence-electron chi connectivity index (χ4n) is 5.50. The molecule has 0 spiro atoms. The van der Waals surface area contributed by atoms with E-state index in [1.807, 2.05) is 0 Å². The minimum atomic E-state index is -0.761.